The number of nitrogens with zero attached hydrogens (tertiary/aromatic N) is 1. The van der Waals surface area contributed by atoms with Crippen LogP contribution in [0.3, 0.4) is 0 Å². The Morgan fingerprint density at radius 3 is 2.32 bits per heavy atom. The molecule has 0 saturated carbocycles. The molecule has 0 aromatic heterocycles. The Morgan fingerprint density at radius 1 is 1.07 bits per heavy atom. The molecule has 2 saturated heterocycles. The molecule has 7 nitrogen and oxygen atoms in total. The van der Waals surface area contributed by atoms with Crippen LogP contribution in [0.4, 0.5) is 0 Å². The lowest BCUT2D eigenvalue weighted by molar-refractivity contribution is -0.0599. The number of piperidine rings is 1. The van der Waals surface area contributed by atoms with Crippen molar-refractivity contribution in [1.82, 2.24) is 9.03 Å². The van der Waals surface area contributed by atoms with Gasteiger partial charge in [-0.15, -0.1) is 0 Å². The van der Waals surface area contributed by atoms with Gasteiger partial charge in [-0.25, -0.2) is 21.6 Å². The average Bonchev–Trinajstić information content (AvgIpc) is 2.60. The summed E-state index contributed by atoms with van der Waals surface area (Å²) in [5.41, 5.74) is -0.366. The minimum absolute atomic E-state index is 0.0720. The minimum atomic E-state index is -3.72. The zero-order valence-electron chi connectivity index (χ0n) is 16.7. The average molecular weight is 431 g/mol. The van der Waals surface area contributed by atoms with Crippen molar-refractivity contribution in [3.63, 3.8) is 0 Å². The van der Waals surface area contributed by atoms with Crippen LogP contribution in [0.25, 0.3) is 0 Å². The van der Waals surface area contributed by atoms with Crippen LogP contribution < -0.4 is 4.72 Å². The van der Waals surface area contributed by atoms with Gasteiger partial charge in [0.25, 0.3) is 0 Å². The number of nitrogens with one attached hydrogen (secondary N) is 1. The Hall–Kier alpha value is -1.00. The van der Waals surface area contributed by atoms with Gasteiger partial charge in [0, 0.05) is 25.7 Å². The van der Waals surface area contributed by atoms with Crippen LogP contribution in [-0.2, 0) is 24.8 Å². The summed E-state index contributed by atoms with van der Waals surface area (Å²) in [4.78, 5) is 0.204. The number of benzene rings is 1. The van der Waals surface area contributed by atoms with E-state index in [1.807, 2.05) is 20.8 Å². The van der Waals surface area contributed by atoms with E-state index in [4.69, 9.17) is 4.74 Å². The maximum atomic E-state index is 12.8. The van der Waals surface area contributed by atoms with Gasteiger partial charge in [0.15, 0.2) is 0 Å². The van der Waals surface area contributed by atoms with E-state index < -0.39 is 20.0 Å². The van der Waals surface area contributed by atoms with Crippen molar-refractivity contribution >= 4 is 20.0 Å². The molecular formula is C19H30N2O5S2. The summed E-state index contributed by atoms with van der Waals surface area (Å²) >= 11 is 0. The van der Waals surface area contributed by atoms with Gasteiger partial charge in [-0.3, -0.25) is 0 Å². The van der Waals surface area contributed by atoms with Gasteiger partial charge >= 0.3 is 0 Å². The monoisotopic (exact) mass is 430 g/mol. The lowest BCUT2D eigenvalue weighted by Gasteiger charge is -2.35. The van der Waals surface area contributed by atoms with Gasteiger partial charge in [0.05, 0.1) is 15.4 Å². The quantitative estimate of drug-likeness (QED) is 0.774. The normalized spacial score (nSPS) is 26.8. The Labute approximate surface area is 168 Å². The molecule has 158 valence electrons. The first-order valence-corrected chi connectivity index (χ1v) is 12.7. The molecule has 2 aliphatic heterocycles. The summed E-state index contributed by atoms with van der Waals surface area (Å²) in [5.74, 6) is 0.330. The molecule has 1 N–H and O–H groups in total. The van der Waals surface area contributed by atoms with Crippen LogP contribution in [-0.4, -0.2) is 52.5 Å². The van der Waals surface area contributed by atoms with E-state index in [0.29, 0.717) is 38.5 Å². The first-order chi connectivity index (χ1) is 13.0. The summed E-state index contributed by atoms with van der Waals surface area (Å²) in [5, 5.41) is 0. The van der Waals surface area contributed by atoms with Crippen LogP contribution in [0.1, 0.15) is 46.5 Å². The molecular weight excluding hydrogens is 400 g/mol. The van der Waals surface area contributed by atoms with Crippen LogP contribution in [0.15, 0.2) is 34.1 Å². The van der Waals surface area contributed by atoms with E-state index in [-0.39, 0.29) is 21.4 Å². The molecule has 0 unspecified atom stereocenters. The van der Waals surface area contributed by atoms with Gasteiger partial charge in [-0.1, -0.05) is 6.92 Å². The lowest BCUT2D eigenvalue weighted by atomic mass is 9.95. The van der Waals surface area contributed by atoms with Crippen molar-refractivity contribution in [2.75, 3.05) is 19.7 Å². The second kappa shape index (κ2) is 8.02. The summed E-state index contributed by atoms with van der Waals surface area (Å²) < 4.78 is 60.9. The Balaban J connectivity index is 1.74. The Bertz CT molecular complexity index is 895. The Kier molecular flexibility index (Phi) is 6.22. The number of hydrogen-bond donors (Lipinski definition) is 1. The molecule has 2 heterocycles. The molecule has 0 spiro atoms. The van der Waals surface area contributed by atoms with Crippen LogP contribution in [0, 0.1) is 5.92 Å². The van der Waals surface area contributed by atoms with Crippen molar-refractivity contribution in [1.29, 1.82) is 0 Å². The van der Waals surface area contributed by atoms with Crippen molar-refractivity contribution in [2.45, 2.75) is 67.9 Å². The molecule has 3 rings (SSSR count). The van der Waals surface area contributed by atoms with Crippen molar-refractivity contribution in [2.24, 2.45) is 5.92 Å². The van der Waals surface area contributed by atoms with E-state index in [2.05, 4.69) is 4.72 Å². The highest BCUT2D eigenvalue weighted by Gasteiger charge is 2.32. The summed E-state index contributed by atoms with van der Waals surface area (Å²) in [6.07, 6.45) is 3.07. The van der Waals surface area contributed by atoms with E-state index in [1.54, 1.807) is 0 Å². The third-order valence-corrected chi connectivity index (χ3v) is 8.83. The molecule has 0 amide bonds. The smallest absolute Gasteiger partial charge is 0.243 e. The first kappa shape index (κ1) is 21.7. The van der Waals surface area contributed by atoms with Gasteiger partial charge in [0.2, 0.25) is 20.0 Å². The van der Waals surface area contributed by atoms with E-state index >= 15 is 0 Å². The molecule has 2 aliphatic rings. The molecule has 1 aromatic carbocycles. The molecule has 0 aliphatic carbocycles. The Morgan fingerprint density at radius 2 is 1.71 bits per heavy atom. The molecule has 2 fully saturated rings. The van der Waals surface area contributed by atoms with Crippen LogP contribution >= 0.6 is 0 Å². The third kappa shape index (κ3) is 4.94. The maximum absolute atomic E-state index is 12.8. The van der Waals surface area contributed by atoms with Crippen LogP contribution in [0.5, 0.6) is 0 Å². The fourth-order valence-corrected chi connectivity index (χ4v) is 6.79. The van der Waals surface area contributed by atoms with Crippen LogP contribution in [0.2, 0.25) is 0 Å². The zero-order chi connectivity index (χ0) is 20.6. The molecule has 28 heavy (non-hydrogen) atoms. The van der Waals surface area contributed by atoms with E-state index in [0.717, 1.165) is 12.8 Å². The molecule has 1 aromatic rings. The third-order valence-electron chi connectivity index (χ3n) is 5.41. The van der Waals surface area contributed by atoms with Gasteiger partial charge < -0.3 is 4.74 Å². The fraction of sp³-hybridized carbons (Fsp3) is 0.684. The van der Waals surface area contributed by atoms with E-state index in [1.165, 1.54) is 28.6 Å². The standard InChI is InChI=1S/C19H30N2O5S2/c1-15-5-4-11-21(14-15)28(24,25)18-8-6-17(7-9-18)27(22,23)20-16-10-12-26-19(2,3)13-16/h6-9,15-16,20H,4-5,10-14H2,1-3H3/t15-,16+/m1/s1. The topological polar surface area (TPSA) is 92.8 Å². The highest BCUT2D eigenvalue weighted by atomic mass is 32.2. The van der Waals surface area contributed by atoms with Gasteiger partial charge in [-0.05, 0) is 69.7 Å². The molecule has 0 radical (unpaired) electrons. The van der Waals surface area contributed by atoms with Crippen molar-refractivity contribution in [3.05, 3.63) is 24.3 Å². The summed E-state index contributed by atoms with van der Waals surface area (Å²) in [6, 6.07) is 5.31. The van der Waals surface area contributed by atoms with Gasteiger partial charge in [-0.2, -0.15) is 4.31 Å². The summed E-state index contributed by atoms with van der Waals surface area (Å²) in [6.45, 7) is 7.44. The first-order valence-electron chi connectivity index (χ1n) is 9.76. The molecule has 0 bridgehead atoms. The molecule has 2 atom stereocenters. The van der Waals surface area contributed by atoms with Crippen molar-refractivity contribution < 1.29 is 21.6 Å². The van der Waals surface area contributed by atoms with Crippen molar-refractivity contribution in [3.8, 4) is 0 Å². The zero-order valence-corrected chi connectivity index (χ0v) is 18.4. The largest absolute Gasteiger partial charge is 0.375 e. The molecule has 9 heteroatoms. The summed E-state index contributed by atoms with van der Waals surface area (Å²) in [7, 11) is -7.32. The van der Waals surface area contributed by atoms with E-state index in [9.17, 15) is 16.8 Å². The SMILES string of the molecule is C[C@@H]1CCCN(S(=O)(=O)c2ccc(S(=O)(=O)N[C@H]3CCOC(C)(C)C3)cc2)C1. The number of hydrogen-bond acceptors (Lipinski definition) is 5. The highest BCUT2D eigenvalue weighted by molar-refractivity contribution is 7.89. The highest BCUT2D eigenvalue weighted by Crippen LogP contribution is 2.27. The van der Waals surface area contributed by atoms with Gasteiger partial charge in [0.1, 0.15) is 0 Å². The number of sulfonamides is 2. The second-order valence-corrected chi connectivity index (χ2v) is 12.2. The number of rotatable bonds is 5. The minimum Gasteiger partial charge on any atom is -0.375 e. The predicted octanol–water partition coefficient (Wildman–Crippen LogP) is 2.34. The maximum Gasteiger partial charge on any atom is 0.243 e. The fourth-order valence-electron chi connectivity index (χ4n) is 3.92. The number of ether oxygens (including phenoxy) is 1. The lowest BCUT2D eigenvalue weighted by Crippen LogP contribution is -2.45. The predicted molar refractivity (Wildman–Crippen MR) is 107 cm³/mol. The second-order valence-electron chi connectivity index (χ2n) is 8.50.